The molecule has 1 N–H and O–H groups in total. The molecule has 1 saturated carbocycles. The average Bonchev–Trinajstić information content (AvgIpc) is 3.21. The quantitative estimate of drug-likeness (QED) is 0.406. The van der Waals surface area contributed by atoms with E-state index in [0.29, 0.717) is 11.1 Å². The molecule has 28 heavy (non-hydrogen) atoms. The van der Waals surface area contributed by atoms with Crippen LogP contribution in [0.5, 0.6) is 5.75 Å². The van der Waals surface area contributed by atoms with Crippen molar-refractivity contribution in [2.75, 3.05) is 13.7 Å². The van der Waals surface area contributed by atoms with Crippen LogP contribution in [0, 0.1) is 5.82 Å². The van der Waals surface area contributed by atoms with Crippen LogP contribution in [0.25, 0.3) is 11.1 Å². The minimum Gasteiger partial charge on any atom is -0.507 e. The molecule has 0 saturated heterocycles. The van der Waals surface area contributed by atoms with Gasteiger partial charge in [0, 0.05) is 5.56 Å². The molecule has 5 nitrogen and oxygen atoms in total. The van der Waals surface area contributed by atoms with E-state index in [1.54, 1.807) is 25.1 Å². The van der Waals surface area contributed by atoms with E-state index in [1.807, 2.05) is 0 Å². The predicted molar refractivity (Wildman–Crippen MR) is 102 cm³/mol. The number of rotatable bonds is 7. The minimum atomic E-state index is -0.629. The molecule has 0 aromatic heterocycles. The number of benzene rings is 2. The highest BCUT2D eigenvalue weighted by Gasteiger charge is 2.29. The molecule has 0 unspecified atom stereocenters. The van der Waals surface area contributed by atoms with Crippen LogP contribution in [-0.2, 0) is 21.1 Å². The summed E-state index contributed by atoms with van der Waals surface area (Å²) in [5, 5.41) is 10.7. The van der Waals surface area contributed by atoms with E-state index in [2.05, 4.69) is 0 Å². The highest BCUT2D eigenvalue weighted by Crippen LogP contribution is 2.44. The average molecular weight is 388 g/mol. The van der Waals surface area contributed by atoms with E-state index in [0.717, 1.165) is 36.8 Å². The Hall–Kier alpha value is -2.44. The van der Waals surface area contributed by atoms with E-state index in [1.165, 1.54) is 19.2 Å². The molecule has 0 amide bonds. The van der Waals surface area contributed by atoms with Crippen LogP contribution in [0.4, 0.5) is 4.39 Å². The molecule has 0 aliphatic heterocycles. The maximum absolute atomic E-state index is 13.5. The second-order valence-electron chi connectivity index (χ2n) is 6.85. The number of aromatic hydroxyl groups is 1. The van der Waals surface area contributed by atoms with Gasteiger partial charge in [-0.05, 0) is 60.6 Å². The Balaban J connectivity index is 2.27. The summed E-state index contributed by atoms with van der Waals surface area (Å²) in [6, 6.07) is 7.46. The number of hydrogen-bond donors (Lipinski definition) is 1. The van der Waals surface area contributed by atoms with Gasteiger partial charge in [0.2, 0.25) is 0 Å². The van der Waals surface area contributed by atoms with E-state index in [4.69, 9.17) is 14.5 Å². The maximum Gasteiger partial charge on any atom is 0.342 e. The SMILES string of the molecule is CCOC(=O)c1c(O)cc(C2CCCC2)c(COOC)c1-c1ccc(F)cc1. The van der Waals surface area contributed by atoms with Crippen LogP contribution in [0.2, 0.25) is 0 Å². The van der Waals surface area contributed by atoms with Crippen LogP contribution >= 0.6 is 0 Å². The van der Waals surface area contributed by atoms with Crippen molar-refractivity contribution in [3.05, 3.63) is 52.8 Å². The summed E-state index contributed by atoms with van der Waals surface area (Å²) < 4.78 is 18.7. The topological polar surface area (TPSA) is 65.0 Å². The van der Waals surface area contributed by atoms with E-state index in [-0.39, 0.29) is 36.3 Å². The first-order valence-electron chi connectivity index (χ1n) is 9.54. The molecule has 0 heterocycles. The normalized spacial score (nSPS) is 14.4. The molecule has 3 rings (SSSR count). The molecule has 2 aromatic carbocycles. The van der Waals surface area contributed by atoms with Crippen LogP contribution in [0.15, 0.2) is 30.3 Å². The molecule has 1 aliphatic carbocycles. The first kappa shape index (κ1) is 20.3. The summed E-state index contributed by atoms with van der Waals surface area (Å²) in [4.78, 5) is 22.7. The minimum absolute atomic E-state index is 0.0601. The summed E-state index contributed by atoms with van der Waals surface area (Å²) >= 11 is 0. The van der Waals surface area contributed by atoms with Crippen molar-refractivity contribution in [2.24, 2.45) is 0 Å². The third-order valence-electron chi connectivity index (χ3n) is 5.18. The largest absolute Gasteiger partial charge is 0.507 e. The number of ether oxygens (including phenoxy) is 1. The third kappa shape index (κ3) is 4.18. The van der Waals surface area contributed by atoms with Gasteiger partial charge < -0.3 is 9.84 Å². The molecule has 0 radical (unpaired) electrons. The Labute approximate surface area is 164 Å². The summed E-state index contributed by atoms with van der Waals surface area (Å²) in [6.07, 6.45) is 4.23. The smallest absolute Gasteiger partial charge is 0.342 e. The van der Waals surface area contributed by atoms with Crippen LogP contribution in [-0.4, -0.2) is 24.8 Å². The lowest BCUT2D eigenvalue weighted by Gasteiger charge is -2.22. The fourth-order valence-corrected chi connectivity index (χ4v) is 3.95. The molecule has 0 bridgehead atoms. The van der Waals surface area contributed by atoms with Crippen molar-refractivity contribution >= 4 is 5.97 Å². The summed E-state index contributed by atoms with van der Waals surface area (Å²) in [6.45, 7) is 1.98. The zero-order valence-corrected chi connectivity index (χ0v) is 16.2. The molecule has 1 fully saturated rings. The van der Waals surface area contributed by atoms with Crippen molar-refractivity contribution in [3.8, 4) is 16.9 Å². The summed E-state index contributed by atoms with van der Waals surface area (Å²) in [7, 11) is 1.42. The number of halogens is 1. The molecule has 1 aliphatic rings. The molecule has 6 heteroatoms. The monoisotopic (exact) mass is 388 g/mol. The van der Waals surface area contributed by atoms with Gasteiger partial charge in [0.25, 0.3) is 0 Å². The number of carbonyl (C=O) groups excluding carboxylic acids is 1. The van der Waals surface area contributed by atoms with Gasteiger partial charge in [-0.15, -0.1) is 0 Å². The molecule has 2 aromatic rings. The Morgan fingerprint density at radius 1 is 1.21 bits per heavy atom. The van der Waals surface area contributed by atoms with Gasteiger partial charge in [-0.25, -0.2) is 19.0 Å². The fraction of sp³-hybridized carbons (Fsp3) is 0.409. The first-order chi connectivity index (χ1) is 13.6. The third-order valence-corrected chi connectivity index (χ3v) is 5.18. The number of esters is 1. The van der Waals surface area contributed by atoms with Crippen molar-refractivity contribution < 1.29 is 28.8 Å². The van der Waals surface area contributed by atoms with E-state index < -0.39 is 5.97 Å². The second kappa shape index (κ2) is 9.17. The summed E-state index contributed by atoms with van der Waals surface area (Å²) in [5.41, 5.74) is 2.84. The van der Waals surface area contributed by atoms with Crippen LogP contribution < -0.4 is 0 Å². The van der Waals surface area contributed by atoms with Crippen LogP contribution in [0.1, 0.15) is 60.0 Å². The lowest BCUT2D eigenvalue weighted by molar-refractivity contribution is -0.282. The first-order valence-corrected chi connectivity index (χ1v) is 9.54. The van der Waals surface area contributed by atoms with E-state index in [9.17, 15) is 14.3 Å². The Bertz CT molecular complexity index is 826. The molecule has 0 atom stereocenters. The fourth-order valence-electron chi connectivity index (χ4n) is 3.95. The van der Waals surface area contributed by atoms with E-state index >= 15 is 0 Å². The van der Waals surface area contributed by atoms with Gasteiger partial charge in [0.15, 0.2) is 0 Å². The highest BCUT2D eigenvalue weighted by molar-refractivity contribution is 6.01. The predicted octanol–water partition coefficient (Wildman–Crippen LogP) is 5.11. The van der Waals surface area contributed by atoms with Gasteiger partial charge in [0.1, 0.15) is 23.7 Å². The van der Waals surface area contributed by atoms with Crippen molar-refractivity contribution in [2.45, 2.75) is 45.1 Å². The zero-order chi connectivity index (χ0) is 20.1. The standard InChI is InChI=1S/C22H25FO5/c1-3-27-22(25)21-19(24)12-17(14-6-4-5-7-14)18(13-28-26-2)20(21)15-8-10-16(23)11-9-15/h8-12,14,24H,3-7,13H2,1-2H3. The van der Waals surface area contributed by atoms with Crippen molar-refractivity contribution in [1.29, 1.82) is 0 Å². The Kier molecular flexibility index (Phi) is 6.65. The zero-order valence-electron chi connectivity index (χ0n) is 16.2. The molecular weight excluding hydrogens is 363 g/mol. The maximum atomic E-state index is 13.5. The second-order valence-corrected chi connectivity index (χ2v) is 6.85. The van der Waals surface area contributed by atoms with Crippen molar-refractivity contribution in [1.82, 2.24) is 0 Å². The highest BCUT2D eigenvalue weighted by atomic mass is 19.1. The van der Waals surface area contributed by atoms with Gasteiger partial charge in [0.05, 0.1) is 13.7 Å². The molecule has 0 spiro atoms. The number of carbonyl (C=O) groups is 1. The van der Waals surface area contributed by atoms with Gasteiger partial charge in [-0.1, -0.05) is 25.0 Å². The van der Waals surface area contributed by atoms with Gasteiger partial charge >= 0.3 is 5.97 Å². The lowest BCUT2D eigenvalue weighted by atomic mass is 9.84. The summed E-state index contributed by atoms with van der Waals surface area (Å²) in [5.74, 6) is -0.888. The van der Waals surface area contributed by atoms with Gasteiger partial charge in [-0.2, -0.15) is 0 Å². The molecule has 150 valence electrons. The van der Waals surface area contributed by atoms with Crippen LogP contribution in [0.3, 0.4) is 0 Å². The Morgan fingerprint density at radius 2 is 1.89 bits per heavy atom. The van der Waals surface area contributed by atoms with Gasteiger partial charge in [-0.3, -0.25) is 0 Å². The molecular formula is C22H25FO5. The van der Waals surface area contributed by atoms with Crippen molar-refractivity contribution in [3.63, 3.8) is 0 Å². The lowest BCUT2D eigenvalue weighted by Crippen LogP contribution is -2.12. The number of phenolic OH excluding ortho intramolecular Hbond substituents is 1. The number of hydrogen-bond acceptors (Lipinski definition) is 5. The Morgan fingerprint density at radius 3 is 2.50 bits per heavy atom. The number of phenols is 1.